The zero-order valence-electron chi connectivity index (χ0n) is 33.0. The number of carbonyl (C=O) groups is 2. The predicted molar refractivity (Wildman–Crippen MR) is 196 cm³/mol. The molecular weight excluding hydrogens is 733 g/mol. The van der Waals surface area contributed by atoms with Crippen LogP contribution in [0.1, 0.15) is 86.5 Å². The highest BCUT2D eigenvalue weighted by atomic mass is 32.2. The standard InChI is InChI=1S/C38H63F3N2O10S/c1-9-32-29(22-50-54(48,49)38(39,40)41)19-23(2)13-14-30(44)24(3)20-28(15-18-43-16-11-10-12-17-43)36(26(5)31(45)21-33(46)52-32)53-37-35(47)34(42(7)8)25(4)27(6)51-37/h13-14,19,24-29,31-32,34-37,45,47H,9-12,15-18,20-22H2,1-8H3/b14-13+,23-19+. The van der Waals surface area contributed by atoms with E-state index in [-0.39, 0.29) is 36.2 Å². The van der Waals surface area contributed by atoms with Crippen molar-refractivity contribution in [3.05, 3.63) is 23.8 Å². The third-order valence-corrected chi connectivity index (χ3v) is 12.4. The maximum atomic E-state index is 13.6. The van der Waals surface area contributed by atoms with Crippen LogP contribution in [0.15, 0.2) is 23.8 Å². The number of allylic oxidation sites excluding steroid dienone is 3. The SMILES string of the molecule is CCC1OC(=O)CC(O)C(C)C(OC2OC(C)C(C)C(N(C)C)C2O)C(CCN2CCCCC2)CC(C)C(=O)/C=C/C(C)=C/C1COS(=O)(=O)C(F)(F)F. The summed E-state index contributed by atoms with van der Waals surface area (Å²) in [7, 11) is -2.20. The number of nitrogens with zero attached hydrogens (tertiary/aromatic N) is 2. The van der Waals surface area contributed by atoms with E-state index in [2.05, 4.69) is 9.08 Å². The minimum absolute atomic E-state index is 0.0317. The largest absolute Gasteiger partial charge is 0.523 e. The van der Waals surface area contributed by atoms with Crippen molar-refractivity contribution in [1.29, 1.82) is 0 Å². The van der Waals surface area contributed by atoms with Crippen molar-refractivity contribution in [2.75, 3.05) is 40.3 Å². The molecule has 2 N–H and O–H groups in total. The number of ether oxygens (including phenoxy) is 3. The molecule has 0 aromatic rings. The molecule has 3 rings (SSSR count). The van der Waals surface area contributed by atoms with Gasteiger partial charge in [-0.15, -0.1) is 0 Å². The summed E-state index contributed by atoms with van der Waals surface area (Å²) in [4.78, 5) is 31.4. The Labute approximate surface area is 319 Å². The summed E-state index contributed by atoms with van der Waals surface area (Å²) in [5.41, 5.74) is -5.24. The number of hydrogen-bond donors (Lipinski definition) is 2. The van der Waals surface area contributed by atoms with Gasteiger partial charge in [0.15, 0.2) is 12.1 Å². The quantitative estimate of drug-likeness (QED) is 0.177. The molecule has 12 atom stereocenters. The Bertz CT molecular complexity index is 1390. The first-order valence-electron chi connectivity index (χ1n) is 19.3. The highest BCUT2D eigenvalue weighted by Crippen LogP contribution is 2.36. The van der Waals surface area contributed by atoms with Crippen molar-refractivity contribution < 1.29 is 59.8 Å². The number of halogens is 3. The molecule has 2 saturated heterocycles. The van der Waals surface area contributed by atoms with Crippen LogP contribution in [-0.2, 0) is 38.1 Å². The number of ketones is 1. The van der Waals surface area contributed by atoms with Crippen LogP contribution in [0.5, 0.6) is 0 Å². The summed E-state index contributed by atoms with van der Waals surface area (Å²) in [5, 5.41) is 23.2. The molecule has 16 heteroatoms. The van der Waals surface area contributed by atoms with Gasteiger partial charge in [0.25, 0.3) is 0 Å². The van der Waals surface area contributed by atoms with Gasteiger partial charge in [0.05, 0.1) is 31.3 Å². The van der Waals surface area contributed by atoms with Crippen LogP contribution in [0.4, 0.5) is 13.2 Å². The van der Waals surface area contributed by atoms with Crippen molar-refractivity contribution in [3.63, 3.8) is 0 Å². The molecular formula is C38H63F3N2O10S. The summed E-state index contributed by atoms with van der Waals surface area (Å²) in [6.45, 7) is 12.3. The van der Waals surface area contributed by atoms with Gasteiger partial charge in [-0.05, 0) is 91.7 Å². The van der Waals surface area contributed by atoms with Crippen molar-refractivity contribution in [1.82, 2.24) is 9.80 Å². The van der Waals surface area contributed by atoms with Gasteiger partial charge in [-0.25, -0.2) is 0 Å². The summed E-state index contributed by atoms with van der Waals surface area (Å²) in [6.07, 6.45) is 2.47. The Morgan fingerprint density at radius 1 is 1.02 bits per heavy atom. The van der Waals surface area contributed by atoms with Gasteiger partial charge >= 0.3 is 21.6 Å². The first-order valence-corrected chi connectivity index (χ1v) is 20.7. The minimum Gasteiger partial charge on any atom is -0.462 e. The van der Waals surface area contributed by atoms with Crippen LogP contribution >= 0.6 is 0 Å². The van der Waals surface area contributed by atoms with Gasteiger partial charge in [0, 0.05) is 29.7 Å². The number of cyclic esters (lactones) is 1. The van der Waals surface area contributed by atoms with Gasteiger partial charge in [-0.1, -0.05) is 51.8 Å². The molecule has 2 fully saturated rings. The Hall–Kier alpha value is -1.92. The van der Waals surface area contributed by atoms with Crippen molar-refractivity contribution in [2.45, 2.75) is 135 Å². The molecule has 3 aliphatic rings. The summed E-state index contributed by atoms with van der Waals surface area (Å²) >= 11 is 0. The van der Waals surface area contributed by atoms with Crippen LogP contribution in [-0.4, -0.2) is 129 Å². The van der Waals surface area contributed by atoms with Crippen LogP contribution in [0.2, 0.25) is 0 Å². The van der Waals surface area contributed by atoms with Crippen LogP contribution in [0.3, 0.4) is 0 Å². The molecule has 0 radical (unpaired) electrons. The van der Waals surface area contributed by atoms with E-state index in [0.717, 1.165) is 38.9 Å². The first-order chi connectivity index (χ1) is 25.2. The lowest BCUT2D eigenvalue weighted by Crippen LogP contribution is -2.60. The molecule has 0 bridgehead atoms. The molecule has 0 saturated carbocycles. The van der Waals surface area contributed by atoms with Gasteiger partial charge in [-0.3, -0.25) is 13.8 Å². The Morgan fingerprint density at radius 2 is 1.67 bits per heavy atom. The Balaban J connectivity index is 2.04. The number of likely N-dealkylation sites (N-methyl/N-ethyl adjacent to an activating group) is 1. The number of esters is 1. The van der Waals surface area contributed by atoms with Gasteiger partial charge in [0.2, 0.25) is 0 Å². The third-order valence-electron chi connectivity index (χ3n) is 11.4. The first kappa shape index (κ1) is 46.5. The zero-order chi connectivity index (χ0) is 40.5. The molecule has 0 amide bonds. The van der Waals surface area contributed by atoms with E-state index < -0.39 is 83.1 Å². The topological polar surface area (TPSA) is 152 Å². The summed E-state index contributed by atoms with van der Waals surface area (Å²) in [5.74, 6) is -3.83. The van der Waals surface area contributed by atoms with Crippen molar-refractivity contribution in [2.24, 2.45) is 29.6 Å². The molecule has 0 aromatic heterocycles. The van der Waals surface area contributed by atoms with Gasteiger partial charge in [-0.2, -0.15) is 21.6 Å². The summed E-state index contributed by atoms with van der Waals surface area (Å²) in [6, 6.07) is -0.303. The smallest absolute Gasteiger partial charge is 0.462 e. The number of rotatable bonds is 10. The normalized spacial score (nSPS) is 37.8. The lowest BCUT2D eigenvalue weighted by molar-refractivity contribution is -0.295. The second-order valence-corrected chi connectivity index (χ2v) is 17.4. The number of alkyl halides is 3. The minimum atomic E-state index is -5.95. The fraction of sp³-hybridized carbons (Fsp3) is 0.842. The van der Waals surface area contributed by atoms with Gasteiger partial charge in [0.1, 0.15) is 12.2 Å². The highest BCUT2D eigenvalue weighted by molar-refractivity contribution is 7.87. The van der Waals surface area contributed by atoms with Crippen LogP contribution < -0.4 is 0 Å². The van der Waals surface area contributed by atoms with Crippen molar-refractivity contribution >= 4 is 21.9 Å². The Morgan fingerprint density at radius 3 is 2.26 bits per heavy atom. The molecule has 0 aliphatic carbocycles. The van der Waals surface area contributed by atoms with E-state index in [1.807, 2.05) is 32.8 Å². The predicted octanol–water partition coefficient (Wildman–Crippen LogP) is 4.84. The molecule has 3 aliphatic heterocycles. The van der Waals surface area contributed by atoms with Crippen LogP contribution in [0.25, 0.3) is 0 Å². The molecule has 12 nitrogen and oxygen atoms in total. The highest BCUT2D eigenvalue weighted by Gasteiger charge is 2.48. The number of carbonyl (C=O) groups excluding carboxylic acids is 2. The second kappa shape index (κ2) is 20.5. The van der Waals surface area contributed by atoms with E-state index in [4.69, 9.17) is 14.2 Å². The molecule has 312 valence electrons. The third kappa shape index (κ3) is 12.8. The number of aliphatic hydroxyl groups is 2. The fourth-order valence-corrected chi connectivity index (χ4v) is 8.40. The zero-order valence-corrected chi connectivity index (χ0v) is 33.9. The lowest BCUT2D eigenvalue weighted by Gasteiger charge is -2.47. The monoisotopic (exact) mass is 796 g/mol. The number of piperidine rings is 1. The maximum absolute atomic E-state index is 13.6. The molecule has 54 heavy (non-hydrogen) atoms. The second-order valence-electron chi connectivity index (χ2n) is 15.8. The fourth-order valence-electron chi connectivity index (χ4n) is 7.93. The lowest BCUT2D eigenvalue weighted by atomic mass is 9.79. The molecule has 12 unspecified atom stereocenters. The molecule has 3 heterocycles. The Kier molecular flexibility index (Phi) is 17.6. The maximum Gasteiger partial charge on any atom is 0.523 e. The number of likely N-dealkylation sites (tertiary alicyclic amines) is 1. The average molecular weight is 797 g/mol. The number of aliphatic hydroxyl groups excluding tert-OH is 2. The molecule has 0 aromatic carbocycles. The van der Waals surface area contributed by atoms with Gasteiger partial charge < -0.3 is 34.2 Å². The van der Waals surface area contributed by atoms with Crippen molar-refractivity contribution in [3.8, 4) is 0 Å². The van der Waals surface area contributed by atoms with E-state index in [1.54, 1.807) is 27.7 Å². The van der Waals surface area contributed by atoms with E-state index >= 15 is 0 Å². The van der Waals surface area contributed by atoms with E-state index in [0.29, 0.717) is 18.4 Å². The van der Waals surface area contributed by atoms with Crippen LogP contribution in [0, 0.1) is 29.6 Å². The number of hydrogen-bond acceptors (Lipinski definition) is 12. The molecule has 0 spiro atoms. The average Bonchev–Trinajstić information content (AvgIpc) is 3.09. The van der Waals surface area contributed by atoms with E-state index in [1.165, 1.54) is 18.2 Å². The van der Waals surface area contributed by atoms with E-state index in [9.17, 15) is 41.4 Å². The summed E-state index contributed by atoms with van der Waals surface area (Å²) < 4.78 is 85.9.